The van der Waals surface area contributed by atoms with Gasteiger partial charge in [-0.2, -0.15) is 5.10 Å². The molecule has 0 radical (unpaired) electrons. The highest BCUT2D eigenvalue weighted by Crippen LogP contribution is 2.47. The van der Waals surface area contributed by atoms with Crippen LogP contribution in [0.15, 0.2) is 103 Å². The third-order valence-electron chi connectivity index (χ3n) is 7.58. The summed E-state index contributed by atoms with van der Waals surface area (Å²) in [5.41, 5.74) is 4.83. The van der Waals surface area contributed by atoms with E-state index in [0.717, 1.165) is 51.5 Å². The number of rotatable bonds is 4. The summed E-state index contributed by atoms with van der Waals surface area (Å²) in [4.78, 5) is 17.7. The summed E-state index contributed by atoms with van der Waals surface area (Å²) in [6, 6.07) is 20.0. The smallest absolute Gasteiger partial charge is 0.345 e. The Kier molecular flexibility index (Phi) is 6.63. The van der Waals surface area contributed by atoms with Crippen LogP contribution in [0.1, 0.15) is 36.4 Å². The number of aromatic nitrogens is 1. The highest BCUT2D eigenvalue weighted by Gasteiger charge is 2.43. The zero-order valence-corrected chi connectivity index (χ0v) is 24.0. The zero-order chi connectivity index (χ0) is 28.1. The van der Waals surface area contributed by atoms with E-state index in [2.05, 4.69) is 22.0 Å². The predicted octanol–water partition coefficient (Wildman–Crippen LogP) is 8.76. The first-order chi connectivity index (χ1) is 19.9. The van der Waals surface area contributed by atoms with Crippen LogP contribution in [0.5, 0.6) is 0 Å². The summed E-state index contributed by atoms with van der Waals surface area (Å²) >= 11 is 4.87. The van der Waals surface area contributed by atoms with E-state index in [1.165, 1.54) is 35.6 Å². The quantitative estimate of drug-likeness (QED) is 0.186. The summed E-state index contributed by atoms with van der Waals surface area (Å²) < 4.78 is 33.9. The molecule has 7 rings (SSSR count). The van der Waals surface area contributed by atoms with E-state index in [1.54, 1.807) is 36.4 Å². The first kappa shape index (κ1) is 26.0. The van der Waals surface area contributed by atoms with Crippen LogP contribution >= 0.6 is 27.3 Å². The van der Waals surface area contributed by atoms with Gasteiger partial charge in [0.1, 0.15) is 17.2 Å². The minimum atomic E-state index is -0.460. The van der Waals surface area contributed by atoms with Crippen LogP contribution < -0.4 is 10.6 Å². The zero-order valence-electron chi connectivity index (χ0n) is 21.6. The van der Waals surface area contributed by atoms with Crippen molar-refractivity contribution < 1.29 is 13.2 Å². The number of benzene rings is 3. The Balaban J connectivity index is 1.31. The molecule has 1 saturated carbocycles. The van der Waals surface area contributed by atoms with Crippen LogP contribution in [0.25, 0.3) is 28.3 Å². The molecule has 2 atom stereocenters. The summed E-state index contributed by atoms with van der Waals surface area (Å²) in [7, 11) is 0. The fourth-order valence-electron chi connectivity index (χ4n) is 5.68. The van der Waals surface area contributed by atoms with E-state index in [4.69, 9.17) is 14.5 Å². The maximum absolute atomic E-state index is 13.9. The van der Waals surface area contributed by atoms with Gasteiger partial charge in [0.25, 0.3) is 0 Å². The fraction of sp³-hybridized carbons (Fsp3) is 0.156. The third kappa shape index (κ3) is 4.93. The van der Waals surface area contributed by atoms with Crippen molar-refractivity contribution in [1.82, 2.24) is 4.98 Å². The van der Waals surface area contributed by atoms with E-state index in [0.29, 0.717) is 22.0 Å². The Labute approximate surface area is 246 Å². The molecule has 0 saturated heterocycles. The Hall–Kier alpha value is -3.95. The second-order valence-electron chi connectivity index (χ2n) is 10.2. The van der Waals surface area contributed by atoms with E-state index in [-0.39, 0.29) is 23.6 Å². The second-order valence-corrected chi connectivity index (χ2v) is 11.9. The van der Waals surface area contributed by atoms with Gasteiger partial charge in [-0.25, -0.2) is 23.6 Å². The van der Waals surface area contributed by atoms with Crippen LogP contribution in [-0.4, -0.2) is 10.7 Å². The topological polar surface area (TPSA) is 58.7 Å². The average Bonchev–Trinajstić information content (AvgIpc) is 3.61. The summed E-state index contributed by atoms with van der Waals surface area (Å²) in [6.45, 7) is 0. The molecule has 5 nitrogen and oxygen atoms in total. The van der Waals surface area contributed by atoms with Crippen molar-refractivity contribution in [1.29, 1.82) is 0 Å². The molecule has 41 heavy (non-hydrogen) atoms. The molecule has 0 bridgehead atoms. The van der Waals surface area contributed by atoms with Crippen LogP contribution in [0.2, 0.25) is 0 Å². The molecule has 5 aromatic rings. The molecule has 1 aliphatic carbocycles. The first-order valence-electron chi connectivity index (χ1n) is 13.2. The number of hydrogen-bond donors (Lipinski definition) is 0. The molecule has 3 heterocycles. The molecule has 9 heteroatoms. The molecule has 1 fully saturated rings. The number of allylic oxidation sites excluding steroid dienone is 1. The number of halogens is 3. The highest BCUT2D eigenvalue weighted by atomic mass is 79.9. The SMILES string of the molecule is O=c1oc2ccc(Br)cc2cc1-c1csc(N2N=C3/C(=C\c4ccc(F)cc4)CCCC3C2c2ccc(F)cc2)n1. The molecule has 1 aliphatic heterocycles. The molecule has 204 valence electrons. The van der Waals surface area contributed by atoms with E-state index in [9.17, 15) is 13.6 Å². The maximum Gasteiger partial charge on any atom is 0.345 e. The van der Waals surface area contributed by atoms with Crippen molar-refractivity contribution in [2.24, 2.45) is 11.0 Å². The van der Waals surface area contributed by atoms with Crippen molar-refractivity contribution in [3.63, 3.8) is 0 Å². The Morgan fingerprint density at radius 3 is 2.54 bits per heavy atom. The number of nitrogens with zero attached hydrogens (tertiary/aromatic N) is 3. The summed E-state index contributed by atoms with van der Waals surface area (Å²) in [5.74, 6) is -0.510. The van der Waals surface area contributed by atoms with Crippen molar-refractivity contribution >= 4 is 55.2 Å². The fourth-order valence-corrected chi connectivity index (χ4v) is 6.87. The molecule has 3 aromatic carbocycles. The van der Waals surface area contributed by atoms with Gasteiger partial charge in [0.05, 0.1) is 23.0 Å². The second kappa shape index (κ2) is 10.5. The van der Waals surface area contributed by atoms with Crippen molar-refractivity contribution in [2.75, 3.05) is 5.01 Å². The molecule has 2 aromatic heterocycles. The first-order valence-corrected chi connectivity index (χ1v) is 14.9. The molecule has 2 unspecified atom stereocenters. The predicted molar refractivity (Wildman–Crippen MR) is 162 cm³/mol. The van der Waals surface area contributed by atoms with Crippen LogP contribution in [0, 0.1) is 17.6 Å². The standard InChI is InChI=1S/C32H22BrF2N3O2S/c33-22-8-13-28-21(15-22)16-26(31(39)40-28)27-17-41-32(36-27)38-30(19-6-11-24(35)12-7-19)25-3-1-2-20(29(25)37-38)14-18-4-9-23(34)10-5-18/h4-17,25,30H,1-3H2/b20-14-. The monoisotopic (exact) mass is 629 g/mol. The molecule has 0 spiro atoms. The van der Waals surface area contributed by atoms with Gasteiger partial charge in [0.2, 0.25) is 5.13 Å². The lowest BCUT2D eigenvalue weighted by Gasteiger charge is -2.29. The van der Waals surface area contributed by atoms with Gasteiger partial charge >= 0.3 is 5.63 Å². The van der Waals surface area contributed by atoms with E-state index >= 15 is 0 Å². The third-order valence-corrected chi connectivity index (χ3v) is 8.91. The molecule has 0 N–H and O–H groups in total. The number of fused-ring (bicyclic) bond motifs is 2. The number of hydrazone groups is 1. The van der Waals surface area contributed by atoms with Gasteiger partial charge in [-0.15, -0.1) is 11.3 Å². The highest BCUT2D eigenvalue weighted by molar-refractivity contribution is 9.10. The molecule has 2 aliphatic rings. The Bertz CT molecular complexity index is 1900. The van der Waals surface area contributed by atoms with Crippen LogP contribution in [0.3, 0.4) is 0 Å². The Morgan fingerprint density at radius 1 is 1.00 bits per heavy atom. The van der Waals surface area contributed by atoms with Gasteiger partial charge < -0.3 is 4.42 Å². The average molecular weight is 631 g/mol. The minimum absolute atomic E-state index is 0.0661. The van der Waals surface area contributed by atoms with E-state index < -0.39 is 5.63 Å². The Morgan fingerprint density at radius 2 is 1.76 bits per heavy atom. The molecule has 0 amide bonds. The number of hydrogen-bond acceptors (Lipinski definition) is 6. The lowest BCUT2D eigenvalue weighted by Crippen LogP contribution is -2.28. The van der Waals surface area contributed by atoms with Gasteiger partial charge in [0, 0.05) is 21.2 Å². The summed E-state index contributed by atoms with van der Waals surface area (Å²) in [5, 5.41) is 10.3. The maximum atomic E-state index is 13.9. The molecular formula is C32H22BrF2N3O2S. The van der Waals surface area contributed by atoms with Crippen LogP contribution in [-0.2, 0) is 0 Å². The molecular weight excluding hydrogens is 608 g/mol. The minimum Gasteiger partial charge on any atom is -0.422 e. The number of anilines is 1. The van der Waals surface area contributed by atoms with E-state index in [1.807, 2.05) is 22.5 Å². The van der Waals surface area contributed by atoms with Crippen molar-refractivity contribution in [3.8, 4) is 11.3 Å². The van der Waals surface area contributed by atoms with Crippen molar-refractivity contribution in [2.45, 2.75) is 25.3 Å². The largest absolute Gasteiger partial charge is 0.422 e. The van der Waals surface area contributed by atoms with Gasteiger partial charge in [-0.05, 0) is 90.6 Å². The lowest BCUT2D eigenvalue weighted by atomic mass is 9.77. The van der Waals surface area contributed by atoms with Crippen molar-refractivity contribution in [3.05, 3.63) is 121 Å². The van der Waals surface area contributed by atoms with Crippen LogP contribution in [0.4, 0.5) is 13.9 Å². The number of thiazole rings is 1. The van der Waals surface area contributed by atoms with Gasteiger partial charge in [0.15, 0.2) is 0 Å². The summed E-state index contributed by atoms with van der Waals surface area (Å²) in [6.07, 6.45) is 4.81. The van der Waals surface area contributed by atoms with Gasteiger partial charge in [-0.1, -0.05) is 40.2 Å². The lowest BCUT2D eigenvalue weighted by molar-refractivity contribution is 0.486. The normalized spacial score (nSPS) is 19.5. The van der Waals surface area contributed by atoms with Gasteiger partial charge in [-0.3, -0.25) is 0 Å².